The number of hydrogen-bond acceptors (Lipinski definition) is 3. The number of nitrogens with one attached hydrogen (secondary N) is 1. The second-order valence-electron chi connectivity index (χ2n) is 3.55. The maximum Gasteiger partial charge on any atom is 0.0962 e. The minimum atomic E-state index is -0.499. The van der Waals surface area contributed by atoms with Crippen LogP contribution in [0.4, 0.5) is 5.69 Å². The van der Waals surface area contributed by atoms with Gasteiger partial charge in [0.25, 0.3) is 0 Å². The Labute approximate surface area is 94.8 Å². The Hall–Kier alpha value is -1.87. The fourth-order valence-electron chi connectivity index (χ4n) is 1.47. The van der Waals surface area contributed by atoms with Crippen LogP contribution < -0.4 is 5.32 Å². The highest BCUT2D eigenvalue weighted by Gasteiger charge is 2.05. The van der Waals surface area contributed by atoms with Gasteiger partial charge in [-0.25, -0.2) is 0 Å². The lowest BCUT2D eigenvalue weighted by molar-refractivity contribution is 0.191. The molecular weight excluding hydrogens is 200 g/mol. The number of benzene rings is 1. The van der Waals surface area contributed by atoms with Gasteiger partial charge in [0, 0.05) is 18.9 Å². The molecular formula is C13H14N2O. The van der Waals surface area contributed by atoms with E-state index in [1.807, 2.05) is 42.5 Å². The van der Waals surface area contributed by atoms with Gasteiger partial charge in [0.15, 0.2) is 0 Å². The summed E-state index contributed by atoms with van der Waals surface area (Å²) in [5.74, 6) is 0. The molecule has 0 aliphatic rings. The first kappa shape index (κ1) is 10.6. The zero-order valence-corrected chi connectivity index (χ0v) is 8.88. The van der Waals surface area contributed by atoms with Crippen molar-refractivity contribution in [2.24, 2.45) is 0 Å². The van der Waals surface area contributed by atoms with E-state index in [1.54, 1.807) is 12.4 Å². The predicted octanol–water partition coefficient (Wildman–Crippen LogP) is 2.23. The fraction of sp³-hybridized carbons (Fsp3) is 0.154. The zero-order chi connectivity index (χ0) is 11.2. The lowest BCUT2D eigenvalue weighted by Gasteiger charge is -2.12. The molecule has 82 valence electrons. The van der Waals surface area contributed by atoms with Crippen molar-refractivity contribution in [2.75, 3.05) is 11.9 Å². The molecule has 0 radical (unpaired) electrons. The number of pyridine rings is 1. The molecule has 1 atom stereocenters. The second kappa shape index (κ2) is 5.28. The van der Waals surface area contributed by atoms with Crippen LogP contribution in [0.3, 0.4) is 0 Å². The lowest BCUT2D eigenvalue weighted by Crippen LogP contribution is -2.11. The van der Waals surface area contributed by atoms with Gasteiger partial charge in [0.05, 0.1) is 11.8 Å². The van der Waals surface area contributed by atoms with Gasteiger partial charge >= 0.3 is 0 Å². The van der Waals surface area contributed by atoms with E-state index in [-0.39, 0.29) is 0 Å². The molecule has 0 aliphatic heterocycles. The topological polar surface area (TPSA) is 45.1 Å². The normalized spacial score (nSPS) is 12.1. The average molecular weight is 214 g/mol. The quantitative estimate of drug-likeness (QED) is 0.820. The van der Waals surface area contributed by atoms with Crippen LogP contribution in [-0.2, 0) is 0 Å². The highest BCUT2D eigenvalue weighted by Crippen LogP contribution is 2.13. The Balaban J connectivity index is 1.92. The van der Waals surface area contributed by atoms with Gasteiger partial charge in [-0.2, -0.15) is 0 Å². The third-order valence-electron chi connectivity index (χ3n) is 2.35. The Kier molecular flexibility index (Phi) is 3.51. The van der Waals surface area contributed by atoms with E-state index in [0.29, 0.717) is 6.54 Å². The Bertz CT molecular complexity index is 416. The molecule has 0 fully saturated rings. The maximum atomic E-state index is 9.90. The molecule has 1 aromatic carbocycles. The van der Waals surface area contributed by atoms with Crippen LogP contribution in [0, 0.1) is 0 Å². The van der Waals surface area contributed by atoms with Crippen molar-refractivity contribution in [3.8, 4) is 0 Å². The summed E-state index contributed by atoms with van der Waals surface area (Å²) in [6.07, 6.45) is 2.96. The van der Waals surface area contributed by atoms with Crippen LogP contribution in [0.2, 0.25) is 0 Å². The molecule has 1 aromatic heterocycles. The van der Waals surface area contributed by atoms with Crippen molar-refractivity contribution >= 4 is 5.69 Å². The summed E-state index contributed by atoms with van der Waals surface area (Å²) < 4.78 is 0. The minimum absolute atomic E-state index is 0.482. The maximum absolute atomic E-state index is 9.90. The van der Waals surface area contributed by atoms with E-state index in [4.69, 9.17) is 0 Å². The van der Waals surface area contributed by atoms with Crippen LogP contribution in [0.25, 0.3) is 0 Å². The average Bonchev–Trinajstić information content (AvgIpc) is 2.38. The largest absolute Gasteiger partial charge is 0.387 e. The van der Waals surface area contributed by atoms with Gasteiger partial charge in [-0.1, -0.05) is 30.3 Å². The van der Waals surface area contributed by atoms with E-state index in [2.05, 4.69) is 10.3 Å². The van der Waals surface area contributed by atoms with Gasteiger partial charge in [-0.05, 0) is 17.7 Å². The summed E-state index contributed by atoms with van der Waals surface area (Å²) in [5, 5.41) is 13.0. The number of nitrogens with zero attached hydrogens (tertiary/aromatic N) is 1. The standard InChI is InChI=1S/C13H14N2O/c16-13(11-5-2-1-3-6-11)10-15-12-7-4-8-14-9-12/h1-9,13,15-16H,10H2/t13-/m0/s1. The minimum Gasteiger partial charge on any atom is -0.387 e. The van der Waals surface area contributed by atoms with Crippen LogP contribution in [0.15, 0.2) is 54.9 Å². The van der Waals surface area contributed by atoms with Crippen molar-refractivity contribution in [2.45, 2.75) is 6.10 Å². The van der Waals surface area contributed by atoms with E-state index in [9.17, 15) is 5.11 Å². The van der Waals surface area contributed by atoms with E-state index in [1.165, 1.54) is 0 Å². The van der Waals surface area contributed by atoms with Crippen molar-refractivity contribution < 1.29 is 5.11 Å². The highest BCUT2D eigenvalue weighted by molar-refractivity contribution is 5.40. The monoisotopic (exact) mass is 214 g/mol. The smallest absolute Gasteiger partial charge is 0.0962 e. The fourth-order valence-corrected chi connectivity index (χ4v) is 1.47. The van der Waals surface area contributed by atoms with Crippen molar-refractivity contribution in [3.63, 3.8) is 0 Å². The molecule has 3 heteroatoms. The van der Waals surface area contributed by atoms with Gasteiger partial charge in [-0.15, -0.1) is 0 Å². The molecule has 2 aromatic rings. The van der Waals surface area contributed by atoms with Crippen LogP contribution >= 0.6 is 0 Å². The first-order valence-electron chi connectivity index (χ1n) is 5.23. The zero-order valence-electron chi connectivity index (χ0n) is 8.88. The van der Waals surface area contributed by atoms with E-state index >= 15 is 0 Å². The molecule has 3 nitrogen and oxygen atoms in total. The molecule has 0 saturated carbocycles. The van der Waals surface area contributed by atoms with Gasteiger partial charge in [0.2, 0.25) is 0 Å². The molecule has 1 heterocycles. The molecule has 2 rings (SSSR count). The summed E-state index contributed by atoms with van der Waals surface area (Å²) in [6, 6.07) is 13.4. The summed E-state index contributed by atoms with van der Waals surface area (Å²) >= 11 is 0. The molecule has 0 saturated heterocycles. The van der Waals surface area contributed by atoms with Crippen LogP contribution in [0.1, 0.15) is 11.7 Å². The van der Waals surface area contributed by atoms with Crippen LogP contribution in [0.5, 0.6) is 0 Å². The first-order chi connectivity index (χ1) is 7.86. The van der Waals surface area contributed by atoms with Crippen molar-refractivity contribution in [3.05, 3.63) is 60.4 Å². The van der Waals surface area contributed by atoms with Crippen molar-refractivity contribution in [1.82, 2.24) is 4.98 Å². The number of anilines is 1. The molecule has 0 spiro atoms. The van der Waals surface area contributed by atoms with E-state index in [0.717, 1.165) is 11.3 Å². The second-order valence-corrected chi connectivity index (χ2v) is 3.55. The van der Waals surface area contributed by atoms with Crippen molar-refractivity contribution in [1.29, 1.82) is 0 Å². The summed E-state index contributed by atoms with van der Waals surface area (Å²) in [7, 11) is 0. The number of rotatable bonds is 4. The number of aliphatic hydroxyl groups is 1. The Morgan fingerprint density at radius 3 is 2.62 bits per heavy atom. The molecule has 16 heavy (non-hydrogen) atoms. The summed E-state index contributed by atoms with van der Waals surface area (Å²) in [4.78, 5) is 3.99. The van der Waals surface area contributed by atoms with Gasteiger partial charge < -0.3 is 10.4 Å². The Morgan fingerprint density at radius 1 is 1.12 bits per heavy atom. The molecule has 0 amide bonds. The lowest BCUT2D eigenvalue weighted by atomic mass is 10.1. The summed E-state index contributed by atoms with van der Waals surface area (Å²) in [6.45, 7) is 0.482. The first-order valence-corrected chi connectivity index (χ1v) is 5.23. The number of aliphatic hydroxyl groups excluding tert-OH is 1. The Morgan fingerprint density at radius 2 is 1.94 bits per heavy atom. The molecule has 0 bridgehead atoms. The highest BCUT2D eigenvalue weighted by atomic mass is 16.3. The van der Waals surface area contributed by atoms with Crippen LogP contribution in [-0.4, -0.2) is 16.6 Å². The van der Waals surface area contributed by atoms with E-state index < -0.39 is 6.10 Å². The summed E-state index contributed by atoms with van der Waals surface area (Å²) in [5.41, 5.74) is 1.83. The number of aromatic nitrogens is 1. The van der Waals surface area contributed by atoms with Gasteiger partial charge in [-0.3, -0.25) is 4.98 Å². The third-order valence-corrected chi connectivity index (χ3v) is 2.35. The predicted molar refractivity (Wildman–Crippen MR) is 64.1 cm³/mol. The van der Waals surface area contributed by atoms with Gasteiger partial charge in [0.1, 0.15) is 0 Å². The molecule has 0 unspecified atom stereocenters. The number of hydrogen-bond donors (Lipinski definition) is 2. The molecule has 2 N–H and O–H groups in total. The molecule has 0 aliphatic carbocycles. The third kappa shape index (κ3) is 2.81. The SMILES string of the molecule is O[C@@H](CNc1cccnc1)c1ccccc1.